The van der Waals surface area contributed by atoms with E-state index in [4.69, 9.17) is 4.74 Å². The highest BCUT2D eigenvalue weighted by atomic mass is 32.1. The third kappa shape index (κ3) is 2.84. The molecule has 0 amide bonds. The second-order valence-corrected chi connectivity index (χ2v) is 4.52. The highest BCUT2D eigenvalue weighted by molar-refractivity contribution is 7.07. The predicted molar refractivity (Wildman–Crippen MR) is 58.3 cm³/mol. The maximum atomic E-state index is 11.7. The number of hydrogen-bond acceptors (Lipinski definition) is 5. The molecule has 82 valence electrons. The molecule has 4 nitrogen and oxygen atoms in total. The van der Waals surface area contributed by atoms with Gasteiger partial charge in [0, 0.05) is 23.9 Å². The SMILES string of the molecule is CC1COCC(CC(=O)c2cscn2)N1. The van der Waals surface area contributed by atoms with E-state index in [9.17, 15) is 4.79 Å². The molecule has 0 aliphatic carbocycles. The molecule has 0 spiro atoms. The fourth-order valence-electron chi connectivity index (χ4n) is 1.68. The minimum absolute atomic E-state index is 0.0893. The molecule has 0 saturated carbocycles. The summed E-state index contributed by atoms with van der Waals surface area (Å²) in [4.78, 5) is 15.7. The minimum atomic E-state index is 0.0893. The molecule has 1 N–H and O–H groups in total. The van der Waals surface area contributed by atoms with Crippen LogP contribution in [0.1, 0.15) is 23.8 Å². The summed E-state index contributed by atoms with van der Waals surface area (Å²) in [6.45, 7) is 3.39. The highest BCUT2D eigenvalue weighted by Gasteiger charge is 2.22. The third-order valence-corrected chi connectivity index (χ3v) is 2.94. The van der Waals surface area contributed by atoms with Crippen LogP contribution in [0.15, 0.2) is 10.9 Å². The summed E-state index contributed by atoms with van der Waals surface area (Å²) >= 11 is 1.45. The van der Waals surface area contributed by atoms with Gasteiger partial charge in [0.1, 0.15) is 5.69 Å². The van der Waals surface area contributed by atoms with Crippen LogP contribution in [-0.4, -0.2) is 36.1 Å². The highest BCUT2D eigenvalue weighted by Crippen LogP contribution is 2.09. The van der Waals surface area contributed by atoms with Gasteiger partial charge in [-0.15, -0.1) is 11.3 Å². The zero-order chi connectivity index (χ0) is 10.7. The summed E-state index contributed by atoms with van der Waals surface area (Å²) in [7, 11) is 0. The van der Waals surface area contributed by atoms with Crippen molar-refractivity contribution in [2.45, 2.75) is 25.4 Å². The van der Waals surface area contributed by atoms with Gasteiger partial charge >= 0.3 is 0 Å². The number of ether oxygens (including phenoxy) is 1. The Bertz CT molecular complexity index is 326. The molecule has 2 unspecified atom stereocenters. The normalized spacial score (nSPS) is 26.5. The molecule has 0 aromatic carbocycles. The van der Waals surface area contributed by atoms with Crippen LogP contribution in [-0.2, 0) is 4.74 Å². The molecule has 1 aromatic heterocycles. The number of ketones is 1. The summed E-state index contributed by atoms with van der Waals surface area (Å²) in [6.07, 6.45) is 0.466. The standard InChI is InChI=1S/C10H14N2O2S/c1-7-3-14-4-8(12-7)2-10(13)9-5-15-6-11-9/h5-8,12H,2-4H2,1H3. The molecular weight excluding hydrogens is 212 g/mol. The van der Waals surface area contributed by atoms with Crippen molar-refractivity contribution < 1.29 is 9.53 Å². The molecule has 0 bridgehead atoms. The molecular formula is C10H14N2O2S. The molecule has 1 aliphatic heterocycles. The number of thiazole rings is 1. The summed E-state index contributed by atoms with van der Waals surface area (Å²) in [5.74, 6) is 0.0893. The van der Waals surface area contributed by atoms with Crippen molar-refractivity contribution in [3.8, 4) is 0 Å². The number of carbonyl (C=O) groups excluding carboxylic acids is 1. The first-order valence-corrected chi connectivity index (χ1v) is 5.95. The summed E-state index contributed by atoms with van der Waals surface area (Å²) in [5.41, 5.74) is 2.25. The van der Waals surface area contributed by atoms with E-state index in [0.717, 1.165) is 6.61 Å². The number of hydrogen-bond donors (Lipinski definition) is 1. The fourth-order valence-corrected chi connectivity index (χ4v) is 2.24. The average molecular weight is 226 g/mol. The van der Waals surface area contributed by atoms with Gasteiger partial charge in [-0.1, -0.05) is 0 Å². The summed E-state index contributed by atoms with van der Waals surface area (Å²) < 4.78 is 5.38. The average Bonchev–Trinajstić information content (AvgIpc) is 2.70. The van der Waals surface area contributed by atoms with Gasteiger partial charge in [0.2, 0.25) is 0 Å². The summed E-state index contributed by atoms with van der Waals surface area (Å²) in [5, 5.41) is 5.13. The van der Waals surface area contributed by atoms with Gasteiger partial charge in [-0.2, -0.15) is 0 Å². The van der Waals surface area contributed by atoms with E-state index in [-0.39, 0.29) is 11.8 Å². The van der Waals surface area contributed by atoms with Crippen LogP contribution in [0.4, 0.5) is 0 Å². The van der Waals surface area contributed by atoms with Crippen molar-refractivity contribution in [2.24, 2.45) is 0 Å². The first-order valence-electron chi connectivity index (χ1n) is 5.01. The number of morpholine rings is 1. The smallest absolute Gasteiger partial charge is 0.183 e. The largest absolute Gasteiger partial charge is 0.378 e. The van der Waals surface area contributed by atoms with Crippen LogP contribution in [0.25, 0.3) is 0 Å². The van der Waals surface area contributed by atoms with Crippen LogP contribution < -0.4 is 5.32 Å². The Morgan fingerprint density at radius 2 is 2.60 bits per heavy atom. The lowest BCUT2D eigenvalue weighted by atomic mass is 10.1. The Morgan fingerprint density at radius 1 is 1.73 bits per heavy atom. The zero-order valence-electron chi connectivity index (χ0n) is 8.60. The Kier molecular flexibility index (Phi) is 3.45. The van der Waals surface area contributed by atoms with Crippen molar-refractivity contribution in [1.82, 2.24) is 10.3 Å². The lowest BCUT2D eigenvalue weighted by Crippen LogP contribution is -2.48. The first kappa shape index (κ1) is 10.7. The maximum absolute atomic E-state index is 11.7. The van der Waals surface area contributed by atoms with Gasteiger partial charge in [0.05, 0.1) is 18.7 Å². The van der Waals surface area contributed by atoms with Crippen LogP contribution in [0.2, 0.25) is 0 Å². The molecule has 2 heterocycles. The van der Waals surface area contributed by atoms with Crippen LogP contribution in [0, 0.1) is 0 Å². The number of Topliss-reactive ketones (excluding diaryl/α,β-unsaturated/α-hetero) is 1. The Balaban J connectivity index is 1.89. The summed E-state index contributed by atoms with van der Waals surface area (Å²) in [6, 6.07) is 0.454. The number of rotatable bonds is 3. The monoisotopic (exact) mass is 226 g/mol. The number of nitrogens with one attached hydrogen (secondary N) is 1. The molecule has 1 fully saturated rings. The van der Waals surface area contributed by atoms with Gasteiger partial charge in [-0.3, -0.25) is 4.79 Å². The Morgan fingerprint density at radius 3 is 3.27 bits per heavy atom. The lowest BCUT2D eigenvalue weighted by molar-refractivity contribution is 0.0463. The van der Waals surface area contributed by atoms with Crippen molar-refractivity contribution in [3.63, 3.8) is 0 Å². The molecule has 0 radical (unpaired) electrons. The van der Waals surface area contributed by atoms with E-state index in [2.05, 4.69) is 17.2 Å². The van der Waals surface area contributed by atoms with Crippen molar-refractivity contribution >= 4 is 17.1 Å². The van der Waals surface area contributed by atoms with E-state index < -0.39 is 0 Å². The topological polar surface area (TPSA) is 51.2 Å². The van der Waals surface area contributed by atoms with Crippen molar-refractivity contribution in [1.29, 1.82) is 0 Å². The Hall–Kier alpha value is -0.780. The molecule has 2 atom stereocenters. The van der Waals surface area contributed by atoms with Crippen molar-refractivity contribution in [3.05, 3.63) is 16.6 Å². The lowest BCUT2D eigenvalue weighted by Gasteiger charge is -2.28. The van der Waals surface area contributed by atoms with Gasteiger partial charge in [0.15, 0.2) is 5.78 Å². The molecule has 5 heteroatoms. The van der Waals surface area contributed by atoms with Gasteiger partial charge in [0.25, 0.3) is 0 Å². The van der Waals surface area contributed by atoms with E-state index in [1.165, 1.54) is 11.3 Å². The second kappa shape index (κ2) is 4.83. The minimum Gasteiger partial charge on any atom is -0.378 e. The molecule has 15 heavy (non-hydrogen) atoms. The number of aromatic nitrogens is 1. The van der Waals surface area contributed by atoms with Gasteiger partial charge in [-0.25, -0.2) is 4.98 Å². The second-order valence-electron chi connectivity index (χ2n) is 3.80. The molecule has 1 aromatic rings. The molecule has 2 rings (SSSR count). The number of nitrogens with zero attached hydrogens (tertiary/aromatic N) is 1. The van der Waals surface area contributed by atoms with Crippen LogP contribution in [0.5, 0.6) is 0 Å². The quantitative estimate of drug-likeness (QED) is 0.784. The Labute approximate surface area is 92.7 Å². The maximum Gasteiger partial charge on any atom is 0.183 e. The van der Waals surface area contributed by atoms with E-state index >= 15 is 0 Å². The van der Waals surface area contributed by atoms with Gasteiger partial charge in [-0.05, 0) is 6.92 Å². The zero-order valence-corrected chi connectivity index (χ0v) is 9.42. The first-order chi connectivity index (χ1) is 7.25. The number of carbonyl (C=O) groups is 1. The van der Waals surface area contributed by atoms with E-state index in [1.807, 2.05) is 0 Å². The van der Waals surface area contributed by atoms with E-state index in [0.29, 0.717) is 24.8 Å². The van der Waals surface area contributed by atoms with Crippen LogP contribution >= 0.6 is 11.3 Å². The fraction of sp³-hybridized carbons (Fsp3) is 0.600. The molecule has 1 saturated heterocycles. The predicted octanol–water partition coefficient (Wildman–Crippen LogP) is 1.09. The van der Waals surface area contributed by atoms with Gasteiger partial charge < -0.3 is 10.1 Å². The van der Waals surface area contributed by atoms with E-state index in [1.54, 1.807) is 10.9 Å². The van der Waals surface area contributed by atoms with Crippen molar-refractivity contribution in [2.75, 3.05) is 13.2 Å². The molecule has 1 aliphatic rings. The third-order valence-electron chi connectivity index (χ3n) is 2.36. The van der Waals surface area contributed by atoms with Crippen LogP contribution in [0.3, 0.4) is 0 Å².